The second kappa shape index (κ2) is 5.12. The van der Waals surface area contributed by atoms with E-state index in [1.165, 1.54) is 18.2 Å². The molecule has 16 heavy (non-hydrogen) atoms. The van der Waals surface area contributed by atoms with E-state index >= 15 is 0 Å². The Kier molecular flexibility index (Phi) is 3.57. The highest BCUT2D eigenvalue weighted by Crippen LogP contribution is 2.15. The SMILES string of the molecule is COC(=O)CN1CCc2ccccc2CC1. The van der Waals surface area contributed by atoms with Gasteiger partial charge in [0.2, 0.25) is 0 Å². The summed E-state index contributed by atoms with van der Waals surface area (Å²) in [5.74, 6) is -0.147. The molecule has 1 aliphatic rings. The highest BCUT2D eigenvalue weighted by molar-refractivity contribution is 5.71. The molecule has 3 heteroatoms. The third-order valence-electron chi connectivity index (χ3n) is 3.09. The lowest BCUT2D eigenvalue weighted by Crippen LogP contribution is -2.32. The number of fused-ring (bicyclic) bond motifs is 1. The van der Waals surface area contributed by atoms with Crippen LogP contribution in [0.4, 0.5) is 0 Å². The summed E-state index contributed by atoms with van der Waals surface area (Å²) in [6, 6.07) is 8.51. The van der Waals surface area contributed by atoms with Gasteiger partial charge >= 0.3 is 5.97 Å². The molecule has 1 aromatic carbocycles. The lowest BCUT2D eigenvalue weighted by Gasteiger charge is -2.17. The Morgan fingerprint density at radius 2 is 1.81 bits per heavy atom. The van der Waals surface area contributed by atoms with Crippen LogP contribution in [0, 0.1) is 0 Å². The largest absolute Gasteiger partial charge is 0.468 e. The van der Waals surface area contributed by atoms with Gasteiger partial charge in [0.1, 0.15) is 0 Å². The first-order valence-corrected chi connectivity index (χ1v) is 5.65. The average molecular weight is 219 g/mol. The van der Waals surface area contributed by atoms with Crippen molar-refractivity contribution in [2.24, 2.45) is 0 Å². The van der Waals surface area contributed by atoms with Crippen LogP contribution in [-0.2, 0) is 22.4 Å². The molecule has 0 aromatic heterocycles. The fraction of sp³-hybridized carbons (Fsp3) is 0.462. The number of hydrogen-bond acceptors (Lipinski definition) is 3. The van der Waals surface area contributed by atoms with Crippen LogP contribution in [0.3, 0.4) is 0 Å². The van der Waals surface area contributed by atoms with Gasteiger partial charge in [-0.05, 0) is 24.0 Å². The summed E-state index contributed by atoms with van der Waals surface area (Å²) < 4.78 is 4.69. The third kappa shape index (κ3) is 2.61. The van der Waals surface area contributed by atoms with Crippen molar-refractivity contribution in [3.8, 4) is 0 Å². The van der Waals surface area contributed by atoms with Crippen molar-refractivity contribution in [1.82, 2.24) is 4.90 Å². The van der Waals surface area contributed by atoms with Gasteiger partial charge in [0.25, 0.3) is 0 Å². The fourth-order valence-corrected chi connectivity index (χ4v) is 2.12. The second-order valence-corrected chi connectivity index (χ2v) is 4.12. The van der Waals surface area contributed by atoms with Crippen molar-refractivity contribution >= 4 is 5.97 Å². The zero-order valence-corrected chi connectivity index (χ0v) is 9.61. The van der Waals surface area contributed by atoms with Gasteiger partial charge in [-0.2, -0.15) is 0 Å². The molecular weight excluding hydrogens is 202 g/mol. The summed E-state index contributed by atoms with van der Waals surface area (Å²) in [5, 5.41) is 0. The normalized spacial score (nSPS) is 16.3. The summed E-state index contributed by atoms with van der Waals surface area (Å²) in [5.41, 5.74) is 2.82. The molecule has 0 saturated heterocycles. The predicted octanol–water partition coefficient (Wildman–Crippen LogP) is 1.26. The minimum Gasteiger partial charge on any atom is -0.468 e. The Balaban J connectivity index is 1.99. The molecule has 0 bridgehead atoms. The number of nitrogens with zero attached hydrogens (tertiary/aromatic N) is 1. The van der Waals surface area contributed by atoms with Crippen molar-refractivity contribution in [2.45, 2.75) is 12.8 Å². The Hall–Kier alpha value is -1.35. The molecule has 0 saturated carbocycles. The molecule has 1 heterocycles. The summed E-state index contributed by atoms with van der Waals surface area (Å²) in [4.78, 5) is 13.4. The van der Waals surface area contributed by atoms with Crippen LogP contribution in [0.2, 0.25) is 0 Å². The van der Waals surface area contributed by atoms with Gasteiger partial charge < -0.3 is 4.74 Å². The zero-order chi connectivity index (χ0) is 11.4. The summed E-state index contributed by atoms with van der Waals surface area (Å²) in [6.45, 7) is 2.28. The van der Waals surface area contributed by atoms with Crippen molar-refractivity contribution < 1.29 is 9.53 Å². The Bertz CT molecular complexity index is 349. The lowest BCUT2D eigenvalue weighted by molar-refractivity contribution is -0.141. The number of esters is 1. The zero-order valence-electron chi connectivity index (χ0n) is 9.61. The number of carbonyl (C=O) groups excluding carboxylic acids is 1. The van der Waals surface area contributed by atoms with E-state index in [2.05, 4.69) is 29.2 Å². The number of carbonyl (C=O) groups is 1. The molecule has 0 spiro atoms. The van der Waals surface area contributed by atoms with Crippen LogP contribution < -0.4 is 0 Å². The molecule has 1 aromatic rings. The first kappa shape index (κ1) is 11.1. The van der Waals surface area contributed by atoms with Crippen LogP contribution in [0.5, 0.6) is 0 Å². The molecule has 2 rings (SSSR count). The monoisotopic (exact) mass is 219 g/mol. The van der Waals surface area contributed by atoms with Crippen LogP contribution in [0.1, 0.15) is 11.1 Å². The van der Waals surface area contributed by atoms with Crippen LogP contribution in [0.25, 0.3) is 0 Å². The highest BCUT2D eigenvalue weighted by Gasteiger charge is 2.15. The maximum atomic E-state index is 11.2. The highest BCUT2D eigenvalue weighted by atomic mass is 16.5. The van der Waals surface area contributed by atoms with E-state index in [9.17, 15) is 4.79 Å². The van der Waals surface area contributed by atoms with E-state index in [0.717, 1.165) is 25.9 Å². The Labute approximate surface area is 96.0 Å². The number of ether oxygens (including phenoxy) is 1. The Morgan fingerprint density at radius 1 is 1.25 bits per heavy atom. The quantitative estimate of drug-likeness (QED) is 0.701. The van der Waals surface area contributed by atoms with Crippen molar-refractivity contribution in [2.75, 3.05) is 26.7 Å². The average Bonchev–Trinajstić information content (AvgIpc) is 2.52. The molecule has 0 radical (unpaired) electrons. The van der Waals surface area contributed by atoms with Gasteiger partial charge in [-0.1, -0.05) is 24.3 Å². The van der Waals surface area contributed by atoms with Crippen LogP contribution in [-0.4, -0.2) is 37.6 Å². The van der Waals surface area contributed by atoms with Crippen molar-refractivity contribution in [3.05, 3.63) is 35.4 Å². The lowest BCUT2D eigenvalue weighted by atomic mass is 10.0. The number of methoxy groups -OCH3 is 1. The summed E-state index contributed by atoms with van der Waals surface area (Å²) >= 11 is 0. The molecule has 0 amide bonds. The molecule has 0 N–H and O–H groups in total. The van der Waals surface area contributed by atoms with E-state index in [0.29, 0.717) is 6.54 Å². The van der Waals surface area contributed by atoms with Crippen LogP contribution >= 0.6 is 0 Å². The predicted molar refractivity (Wildman–Crippen MR) is 62.3 cm³/mol. The van der Waals surface area contributed by atoms with E-state index in [1.807, 2.05) is 0 Å². The van der Waals surface area contributed by atoms with Crippen molar-refractivity contribution in [3.63, 3.8) is 0 Å². The Morgan fingerprint density at radius 3 is 2.31 bits per heavy atom. The van der Waals surface area contributed by atoms with E-state index < -0.39 is 0 Å². The molecule has 0 fully saturated rings. The fourth-order valence-electron chi connectivity index (χ4n) is 2.12. The standard InChI is InChI=1S/C13H17NO2/c1-16-13(15)10-14-8-6-11-4-2-3-5-12(11)7-9-14/h2-5H,6-10H2,1H3. The molecule has 0 unspecified atom stereocenters. The van der Waals surface area contributed by atoms with Gasteiger partial charge in [-0.15, -0.1) is 0 Å². The second-order valence-electron chi connectivity index (χ2n) is 4.12. The van der Waals surface area contributed by atoms with Gasteiger partial charge in [0, 0.05) is 13.1 Å². The van der Waals surface area contributed by atoms with Gasteiger partial charge in [-0.25, -0.2) is 0 Å². The smallest absolute Gasteiger partial charge is 0.319 e. The molecule has 3 nitrogen and oxygen atoms in total. The van der Waals surface area contributed by atoms with Crippen molar-refractivity contribution in [1.29, 1.82) is 0 Å². The van der Waals surface area contributed by atoms with E-state index in [1.54, 1.807) is 0 Å². The number of hydrogen-bond donors (Lipinski definition) is 0. The molecule has 0 atom stereocenters. The third-order valence-corrected chi connectivity index (χ3v) is 3.09. The van der Waals surface area contributed by atoms with Crippen LogP contribution in [0.15, 0.2) is 24.3 Å². The topological polar surface area (TPSA) is 29.5 Å². The van der Waals surface area contributed by atoms with E-state index in [4.69, 9.17) is 4.74 Å². The first-order valence-electron chi connectivity index (χ1n) is 5.65. The minimum absolute atomic E-state index is 0.147. The van der Waals surface area contributed by atoms with Gasteiger partial charge in [0.05, 0.1) is 13.7 Å². The minimum atomic E-state index is -0.147. The first-order chi connectivity index (χ1) is 7.79. The molecule has 86 valence electrons. The summed E-state index contributed by atoms with van der Waals surface area (Å²) in [6.07, 6.45) is 2.04. The number of benzene rings is 1. The molecular formula is C13H17NO2. The number of rotatable bonds is 2. The molecule has 1 aliphatic heterocycles. The maximum Gasteiger partial charge on any atom is 0.319 e. The summed E-state index contributed by atoms with van der Waals surface area (Å²) in [7, 11) is 1.44. The van der Waals surface area contributed by atoms with E-state index in [-0.39, 0.29) is 5.97 Å². The van der Waals surface area contributed by atoms with Gasteiger partial charge in [0.15, 0.2) is 0 Å². The molecule has 0 aliphatic carbocycles. The van der Waals surface area contributed by atoms with Gasteiger partial charge in [-0.3, -0.25) is 9.69 Å². The maximum absolute atomic E-state index is 11.2.